The highest BCUT2D eigenvalue weighted by molar-refractivity contribution is 5.78. The van der Waals surface area contributed by atoms with Crippen LogP contribution in [0, 0.1) is 5.41 Å². The maximum absolute atomic E-state index is 11.0. The number of H-pyrrole nitrogens is 1. The topological polar surface area (TPSA) is 87.9 Å². The van der Waals surface area contributed by atoms with E-state index < -0.39 is 0 Å². The molecule has 0 unspecified atom stereocenters. The fourth-order valence-electron chi connectivity index (χ4n) is 4.15. The van der Waals surface area contributed by atoms with Gasteiger partial charge in [-0.05, 0) is 60.0 Å². The average Bonchev–Trinajstić information content (AvgIpc) is 3.36. The van der Waals surface area contributed by atoms with Crippen LogP contribution in [0.3, 0.4) is 0 Å². The zero-order valence-electron chi connectivity index (χ0n) is 15.5. The van der Waals surface area contributed by atoms with Gasteiger partial charge in [0.05, 0.1) is 0 Å². The molecule has 1 aromatic carbocycles. The van der Waals surface area contributed by atoms with Gasteiger partial charge < -0.3 is 9.42 Å². The Morgan fingerprint density at radius 3 is 3.04 bits per heavy atom. The van der Waals surface area contributed by atoms with E-state index in [0.717, 1.165) is 55.5 Å². The number of aldehydes is 1. The SMILES string of the molecule is CC1(C)CCc2c(-c3nc(N4CCc5cc(C=O)ccc54)no3)n[nH]c2C1. The van der Waals surface area contributed by atoms with Gasteiger partial charge in [-0.2, -0.15) is 10.1 Å². The molecule has 2 aliphatic rings. The molecule has 0 bridgehead atoms. The highest BCUT2D eigenvalue weighted by Crippen LogP contribution is 2.38. The summed E-state index contributed by atoms with van der Waals surface area (Å²) in [6.45, 7) is 5.33. The number of hydrogen-bond donors (Lipinski definition) is 1. The van der Waals surface area contributed by atoms with Gasteiger partial charge in [-0.1, -0.05) is 13.8 Å². The number of rotatable bonds is 3. The zero-order chi connectivity index (χ0) is 18.6. The van der Waals surface area contributed by atoms with Crippen LogP contribution in [0.2, 0.25) is 0 Å². The number of carbonyl (C=O) groups is 1. The highest BCUT2D eigenvalue weighted by atomic mass is 16.5. The first-order valence-corrected chi connectivity index (χ1v) is 9.30. The number of aromatic amines is 1. The van der Waals surface area contributed by atoms with E-state index in [-0.39, 0.29) is 5.41 Å². The summed E-state index contributed by atoms with van der Waals surface area (Å²) in [5.74, 6) is 0.996. The monoisotopic (exact) mass is 363 g/mol. The van der Waals surface area contributed by atoms with Gasteiger partial charge in [0.2, 0.25) is 0 Å². The molecule has 7 nitrogen and oxygen atoms in total. The molecule has 2 aromatic heterocycles. The van der Waals surface area contributed by atoms with E-state index in [1.54, 1.807) is 0 Å². The zero-order valence-corrected chi connectivity index (χ0v) is 15.5. The summed E-state index contributed by atoms with van der Waals surface area (Å²) in [5.41, 5.74) is 6.28. The van der Waals surface area contributed by atoms with Gasteiger partial charge in [0.15, 0.2) is 5.69 Å². The Hall–Kier alpha value is -2.96. The summed E-state index contributed by atoms with van der Waals surface area (Å²) in [6, 6.07) is 5.69. The second kappa shape index (κ2) is 5.77. The quantitative estimate of drug-likeness (QED) is 0.717. The van der Waals surface area contributed by atoms with Crippen LogP contribution in [0.5, 0.6) is 0 Å². The van der Waals surface area contributed by atoms with Crippen molar-refractivity contribution >= 4 is 17.9 Å². The number of carbonyl (C=O) groups excluding carboxylic acids is 1. The Morgan fingerprint density at radius 1 is 1.30 bits per heavy atom. The Bertz CT molecular complexity index is 1030. The maximum atomic E-state index is 11.0. The predicted octanol–water partition coefficient (Wildman–Crippen LogP) is 3.48. The standard InChI is InChI=1S/C20H21N5O2/c1-20(2)7-5-14-15(10-20)22-23-17(14)18-21-19(24-27-18)25-8-6-13-9-12(11-26)3-4-16(13)25/h3-4,9,11H,5-8,10H2,1-2H3,(H,22,23). The molecule has 27 heavy (non-hydrogen) atoms. The third-order valence-electron chi connectivity index (χ3n) is 5.65. The third-order valence-corrected chi connectivity index (χ3v) is 5.65. The van der Waals surface area contributed by atoms with Crippen LogP contribution in [0.4, 0.5) is 11.6 Å². The first-order valence-electron chi connectivity index (χ1n) is 9.30. The van der Waals surface area contributed by atoms with Crippen molar-refractivity contribution in [2.45, 2.75) is 39.5 Å². The molecule has 0 saturated carbocycles. The molecule has 5 rings (SSSR count). The first kappa shape index (κ1) is 16.2. The lowest BCUT2D eigenvalue weighted by Gasteiger charge is -2.28. The number of nitrogens with zero attached hydrogens (tertiary/aromatic N) is 4. The fraction of sp³-hybridized carbons (Fsp3) is 0.400. The van der Waals surface area contributed by atoms with E-state index in [0.29, 0.717) is 17.4 Å². The summed E-state index contributed by atoms with van der Waals surface area (Å²) in [6.07, 6.45) is 4.79. The Morgan fingerprint density at radius 2 is 2.19 bits per heavy atom. The van der Waals surface area contributed by atoms with Crippen LogP contribution in [0.15, 0.2) is 22.7 Å². The number of benzene rings is 1. The molecular weight excluding hydrogens is 342 g/mol. The van der Waals surface area contributed by atoms with Crippen molar-refractivity contribution < 1.29 is 9.32 Å². The summed E-state index contributed by atoms with van der Waals surface area (Å²) in [7, 11) is 0. The van der Waals surface area contributed by atoms with Crippen molar-refractivity contribution in [3.05, 3.63) is 40.6 Å². The first-order chi connectivity index (χ1) is 13.0. The van der Waals surface area contributed by atoms with E-state index >= 15 is 0 Å². The third kappa shape index (κ3) is 2.65. The van der Waals surface area contributed by atoms with E-state index in [2.05, 4.69) is 34.2 Å². The number of hydrogen-bond acceptors (Lipinski definition) is 6. The average molecular weight is 363 g/mol. The lowest BCUT2D eigenvalue weighted by atomic mass is 9.76. The molecule has 0 saturated heterocycles. The Labute approximate surface area is 156 Å². The molecule has 1 aliphatic carbocycles. The van der Waals surface area contributed by atoms with Gasteiger partial charge in [-0.3, -0.25) is 9.89 Å². The summed E-state index contributed by atoms with van der Waals surface area (Å²) in [5, 5.41) is 11.8. The van der Waals surface area contributed by atoms with Crippen molar-refractivity contribution in [1.29, 1.82) is 0 Å². The molecule has 0 fully saturated rings. The number of aromatic nitrogens is 4. The van der Waals surface area contributed by atoms with Crippen LogP contribution in [-0.4, -0.2) is 33.2 Å². The van der Waals surface area contributed by atoms with Crippen molar-refractivity contribution in [1.82, 2.24) is 20.3 Å². The van der Waals surface area contributed by atoms with E-state index in [1.807, 2.05) is 23.1 Å². The minimum Gasteiger partial charge on any atom is -0.330 e. The van der Waals surface area contributed by atoms with Gasteiger partial charge in [0.25, 0.3) is 11.8 Å². The number of fused-ring (bicyclic) bond motifs is 2. The summed E-state index contributed by atoms with van der Waals surface area (Å²) in [4.78, 5) is 17.6. The van der Waals surface area contributed by atoms with Crippen LogP contribution in [-0.2, 0) is 19.3 Å². The van der Waals surface area contributed by atoms with E-state index in [4.69, 9.17) is 4.52 Å². The van der Waals surface area contributed by atoms with Gasteiger partial charge >= 0.3 is 0 Å². The fourth-order valence-corrected chi connectivity index (χ4v) is 4.15. The lowest BCUT2D eigenvalue weighted by molar-refractivity contribution is 0.112. The molecule has 0 spiro atoms. The van der Waals surface area contributed by atoms with E-state index in [9.17, 15) is 4.79 Å². The van der Waals surface area contributed by atoms with Crippen LogP contribution < -0.4 is 4.90 Å². The van der Waals surface area contributed by atoms with Gasteiger partial charge in [-0.25, -0.2) is 0 Å². The minimum atomic E-state index is 0.288. The molecule has 3 aromatic rings. The number of anilines is 2. The molecule has 0 radical (unpaired) electrons. The summed E-state index contributed by atoms with van der Waals surface area (Å²) < 4.78 is 5.56. The second-order valence-corrected chi connectivity index (χ2v) is 8.18. The maximum Gasteiger partial charge on any atom is 0.280 e. The highest BCUT2D eigenvalue weighted by Gasteiger charge is 2.31. The van der Waals surface area contributed by atoms with Crippen LogP contribution in [0.25, 0.3) is 11.6 Å². The van der Waals surface area contributed by atoms with Crippen LogP contribution in [0.1, 0.15) is 47.4 Å². The molecule has 7 heteroatoms. The van der Waals surface area contributed by atoms with Gasteiger partial charge in [0.1, 0.15) is 6.29 Å². The molecule has 3 heterocycles. The molecule has 0 amide bonds. The van der Waals surface area contributed by atoms with Gasteiger partial charge in [-0.15, -0.1) is 0 Å². The van der Waals surface area contributed by atoms with Crippen molar-refractivity contribution in [3.8, 4) is 11.6 Å². The molecule has 138 valence electrons. The normalized spacial score (nSPS) is 17.6. The largest absolute Gasteiger partial charge is 0.330 e. The Kier molecular flexibility index (Phi) is 3.47. The predicted molar refractivity (Wildman–Crippen MR) is 100 cm³/mol. The summed E-state index contributed by atoms with van der Waals surface area (Å²) >= 11 is 0. The second-order valence-electron chi connectivity index (χ2n) is 8.18. The molecule has 1 aliphatic heterocycles. The molecule has 1 N–H and O–H groups in total. The van der Waals surface area contributed by atoms with Crippen molar-refractivity contribution in [2.24, 2.45) is 5.41 Å². The van der Waals surface area contributed by atoms with Crippen molar-refractivity contribution in [2.75, 3.05) is 11.4 Å². The van der Waals surface area contributed by atoms with Gasteiger partial charge in [0, 0.05) is 29.1 Å². The number of nitrogens with one attached hydrogen (secondary N) is 1. The Balaban J connectivity index is 1.46. The minimum absolute atomic E-state index is 0.288. The van der Waals surface area contributed by atoms with Crippen molar-refractivity contribution in [3.63, 3.8) is 0 Å². The molecular formula is C20H21N5O2. The van der Waals surface area contributed by atoms with Crippen LogP contribution >= 0.6 is 0 Å². The smallest absolute Gasteiger partial charge is 0.280 e. The lowest BCUT2D eigenvalue weighted by Crippen LogP contribution is -2.21. The molecule has 0 atom stereocenters. The van der Waals surface area contributed by atoms with E-state index in [1.165, 1.54) is 11.3 Å².